The fraction of sp³-hybridized carbons (Fsp3) is 0.533. The third kappa shape index (κ3) is 7.31. The molecule has 0 atom stereocenters. The van der Waals surface area contributed by atoms with E-state index >= 15 is 0 Å². The third-order valence-corrected chi connectivity index (χ3v) is 3.22. The summed E-state index contributed by atoms with van der Waals surface area (Å²) in [5.74, 6) is 0. The molecule has 0 unspecified atom stereocenters. The summed E-state index contributed by atoms with van der Waals surface area (Å²) < 4.78 is 36.4. The van der Waals surface area contributed by atoms with Gasteiger partial charge >= 0.3 is 12.2 Å². The van der Waals surface area contributed by atoms with E-state index in [1.165, 1.54) is 11.9 Å². The Morgan fingerprint density at radius 2 is 1.91 bits per heavy atom. The lowest BCUT2D eigenvalue weighted by atomic mass is 10.1. The summed E-state index contributed by atoms with van der Waals surface area (Å²) in [6, 6.07) is 5.23. The highest BCUT2D eigenvalue weighted by Gasteiger charge is 2.28. The summed E-state index contributed by atoms with van der Waals surface area (Å²) >= 11 is 0. The number of urea groups is 1. The molecule has 2 N–H and O–H groups in total. The number of amides is 2. The van der Waals surface area contributed by atoms with Gasteiger partial charge in [-0.05, 0) is 57.1 Å². The topological polar surface area (TPSA) is 44.4 Å². The summed E-state index contributed by atoms with van der Waals surface area (Å²) in [7, 11) is 1.41. The molecule has 7 heteroatoms. The second-order valence-corrected chi connectivity index (χ2v) is 5.39. The second kappa shape index (κ2) is 8.03. The molecule has 2 amide bonds. The minimum atomic E-state index is -4.19. The third-order valence-electron chi connectivity index (χ3n) is 3.22. The maximum atomic E-state index is 12.1. The quantitative estimate of drug-likeness (QED) is 0.791. The lowest BCUT2D eigenvalue weighted by Gasteiger charge is -2.18. The average molecular weight is 317 g/mol. The molecule has 0 bridgehead atoms. The molecule has 1 rings (SSSR count). The molecular formula is C15H22F3N3O. The van der Waals surface area contributed by atoms with Gasteiger partial charge in [0.2, 0.25) is 0 Å². The van der Waals surface area contributed by atoms with Crippen molar-refractivity contribution in [2.75, 3.05) is 32.0 Å². The standard InChI is InChI=1S/C15H22F3N3O/c1-11-5-6-13(9-12(11)2)20-14(22)19-7-4-8-21(3)10-15(16,17)18/h5-6,9H,4,7-8,10H2,1-3H3,(H2,19,20,22). The first-order valence-electron chi connectivity index (χ1n) is 7.05. The molecule has 0 radical (unpaired) electrons. The Hall–Kier alpha value is -1.76. The number of aryl methyl sites for hydroxylation is 2. The molecule has 124 valence electrons. The molecule has 0 aromatic heterocycles. The number of hydrogen-bond acceptors (Lipinski definition) is 2. The molecular weight excluding hydrogens is 295 g/mol. The van der Waals surface area contributed by atoms with Gasteiger partial charge in [0.25, 0.3) is 0 Å². The molecule has 0 aliphatic rings. The van der Waals surface area contributed by atoms with E-state index in [1.807, 2.05) is 26.0 Å². The van der Waals surface area contributed by atoms with Gasteiger partial charge in [-0.3, -0.25) is 4.90 Å². The van der Waals surface area contributed by atoms with Crippen molar-refractivity contribution in [1.82, 2.24) is 10.2 Å². The zero-order valence-electron chi connectivity index (χ0n) is 13.0. The highest BCUT2D eigenvalue weighted by molar-refractivity contribution is 5.89. The predicted molar refractivity (Wildman–Crippen MR) is 81.1 cm³/mol. The SMILES string of the molecule is Cc1ccc(NC(=O)NCCCN(C)CC(F)(F)F)cc1C. The van der Waals surface area contributed by atoms with Crippen LogP contribution in [0.15, 0.2) is 18.2 Å². The summed E-state index contributed by atoms with van der Waals surface area (Å²) in [5.41, 5.74) is 2.90. The van der Waals surface area contributed by atoms with Crippen molar-refractivity contribution in [3.63, 3.8) is 0 Å². The average Bonchev–Trinajstić information content (AvgIpc) is 2.37. The number of carbonyl (C=O) groups is 1. The van der Waals surface area contributed by atoms with Crippen molar-refractivity contribution < 1.29 is 18.0 Å². The maximum absolute atomic E-state index is 12.1. The minimum absolute atomic E-state index is 0.267. The first kappa shape index (κ1) is 18.3. The molecule has 0 aliphatic carbocycles. The Kier molecular flexibility index (Phi) is 6.67. The molecule has 4 nitrogen and oxygen atoms in total. The number of nitrogens with zero attached hydrogens (tertiary/aromatic N) is 1. The van der Waals surface area contributed by atoms with Gasteiger partial charge in [-0.1, -0.05) is 6.07 Å². The number of nitrogens with one attached hydrogen (secondary N) is 2. The van der Waals surface area contributed by atoms with Crippen LogP contribution in [-0.2, 0) is 0 Å². The van der Waals surface area contributed by atoms with Gasteiger partial charge in [0.1, 0.15) is 0 Å². The second-order valence-electron chi connectivity index (χ2n) is 5.39. The smallest absolute Gasteiger partial charge is 0.338 e. The molecule has 0 fully saturated rings. The van der Waals surface area contributed by atoms with Gasteiger partial charge < -0.3 is 10.6 Å². The lowest BCUT2D eigenvalue weighted by molar-refractivity contribution is -0.143. The molecule has 0 aliphatic heterocycles. The highest BCUT2D eigenvalue weighted by Crippen LogP contribution is 2.15. The van der Waals surface area contributed by atoms with Crippen LogP contribution in [0.4, 0.5) is 23.7 Å². The fourth-order valence-corrected chi connectivity index (χ4v) is 1.93. The van der Waals surface area contributed by atoms with E-state index in [-0.39, 0.29) is 12.6 Å². The van der Waals surface area contributed by atoms with E-state index < -0.39 is 12.7 Å². The van der Waals surface area contributed by atoms with Crippen molar-refractivity contribution in [1.29, 1.82) is 0 Å². The van der Waals surface area contributed by atoms with Crippen molar-refractivity contribution in [2.24, 2.45) is 0 Å². The molecule has 0 saturated heterocycles. The number of hydrogen-bond donors (Lipinski definition) is 2. The Bertz CT molecular complexity index is 503. The lowest BCUT2D eigenvalue weighted by Crippen LogP contribution is -2.34. The zero-order chi connectivity index (χ0) is 16.8. The van der Waals surface area contributed by atoms with Crippen LogP contribution in [0.5, 0.6) is 0 Å². The van der Waals surface area contributed by atoms with Crippen LogP contribution in [0.3, 0.4) is 0 Å². The van der Waals surface area contributed by atoms with Crippen LogP contribution in [0.2, 0.25) is 0 Å². The van der Waals surface area contributed by atoms with Gasteiger partial charge in [-0.25, -0.2) is 4.79 Å². The minimum Gasteiger partial charge on any atom is -0.338 e. The van der Waals surface area contributed by atoms with E-state index in [0.717, 1.165) is 11.1 Å². The number of halogens is 3. The van der Waals surface area contributed by atoms with Crippen LogP contribution >= 0.6 is 0 Å². The molecule has 0 spiro atoms. The van der Waals surface area contributed by atoms with Gasteiger partial charge in [0, 0.05) is 12.2 Å². The Balaban J connectivity index is 2.25. The summed E-state index contributed by atoms with van der Waals surface area (Å²) in [5, 5.41) is 5.32. The Morgan fingerprint density at radius 3 is 2.50 bits per heavy atom. The van der Waals surface area contributed by atoms with Gasteiger partial charge in [-0.15, -0.1) is 0 Å². The number of rotatable bonds is 6. The van der Waals surface area contributed by atoms with Crippen LogP contribution in [0.1, 0.15) is 17.5 Å². The summed E-state index contributed by atoms with van der Waals surface area (Å²) in [6.45, 7) is 3.58. The van der Waals surface area contributed by atoms with Crippen LogP contribution in [-0.4, -0.2) is 43.8 Å². The van der Waals surface area contributed by atoms with E-state index in [4.69, 9.17) is 0 Å². The monoisotopic (exact) mass is 317 g/mol. The number of benzene rings is 1. The first-order valence-corrected chi connectivity index (χ1v) is 7.05. The Labute approximate surface area is 128 Å². The number of alkyl halides is 3. The summed E-state index contributed by atoms with van der Waals surface area (Å²) in [4.78, 5) is 12.8. The van der Waals surface area contributed by atoms with E-state index in [0.29, 0.717) is 18.7 Å². The molecule has 1 aromatic carbocycles. The van der Waals surface area contributed by atoms with Crippen LogP contribution in [0, 0.1) is 13.8 Å². The molecule has 22 heavy (non-hydrogen) atoms. The van der Waals surface area contributed by atoms with Crippen LogP contribution < -0.4 is 10.6 Å². The highest BCUT2D eigenvalue weighted by atomic mass is 19.4. The zero-order valence-corrected chi connectivity index (χ0v) is 13.0. The maximum Gasteiger partial charge on any atom is 0.401 e. The largest absolute Gasteiger partial charge is 0.401 e. The van der Waals surface area contributed by atoms with Gasteiger partial charge in [-0.2, -0.15) is 13.2 Å². The fourth-order valence-electron chi connectivity index (χ4n) is 1.93. The van der Waals surface area contributed by atoms with E-state index in [2.05, 4.69) is 10.6 Å². The van der Waals surface area contributed by atoms with Crippen molar-refractivity contribution in [2.45, 2.75) is 26.4 Å². The van der Waals surface area contributed by atoms with Crippen molar-refractivity contribution >= 4 is 11.7 Å². The van der Waals surface area contributed by atoms with Crippen molar-refractivity contribution in [3.05, 3.63) is 29.3 Å². The molecule has 0 heterocycles. The van der Waals surface area contributed by atoms with Gasteiger partial charge in [0.15, 0.2) is 0 Å². The van der Waals surface area contributed by atoms with Crippen LogP contribution in [0.25, 0.3) is 0 Å². The summed E-state index contributed by atoms with van der Waals surface area (Å²) in [6.07, 6.45) is -3.74. The van der Waals surface area contributed by atoms with E-state index in [1.54, 1.807) is 6.07 Å². The predicted octanol–water partition coefficient (Wildman–Crippen LogP) is 3.31. The van der Waals surface area contributed by atoms with Gasteiger partial charge in [0.05, 0.1) is 6.54 Å². The first-order chi connectivity index (χ1) is 10.2. The molecule has 0 saturated carbocycles. The Morgan fingerprint density at radius 1 is 1.23 bits per heavy atom. The molecule has 1 aromatic rings. The normalized spacial score (nSPS) is 11.6. The number of anilines is 1. The van der Waals surface area contributed by atoms with Crippen molar-refractivity contribution in [3.8, 4) is 0 Å². The van der Waals surface area contributed by atoms with E-state index in [9.17, 15) is 18.0 Å². The number of carbonyl (C=O) groups excluding carboxylic acids is 1.